The van der Waals surface area contributed by atoms with Gasteiger partial charge in [-0.15, -0.1) is 0 Å². The first-order valence-corrected chi connectivity index (χ1v) is 15.0. The number of nitrogens with one attached hydrogen (secondary N) is 1. The zero-order chi connectivity index (χ0) is 29.3. The second-order valence-corrected chi connectivity index (χ2v) is 11.7. The Morgan fingerprint density at radius 3 is 2.33 bits per heavy atom. The number of amides is 2. The molecule has 0 saturated carbocycles. The number of carbonyl (C=O) groups excluding carboxylic acids is 2. The minimum absolute atomic E-state index is 0.00159. The van der Waals surface area contributed by atoms with Crippen LogP contribution in [-0.2, 0) is 26.2 Å². The summed E-state index contributed by atoms with van der Waals surface area (Å²) in [5, 5.41) is 3.27. The van der Waals surface area contributed by atoms with E-state index in [2.05, 4.69) is 5.32 Å². The van der Waals surface area contributed by atoms with Crippen molar-refractivity contribution in [2.45, 2.75) is 51.1 Å². The molecule has 40 heavy (non-hydrogen) atoms. The molecule has 3 aromatic carbocycles. The van der Waals surface area contributed by atoms with Gasteiger partial charge >= 0.3 is 0 Å². The third kappa shape index (κ3) is 7.76. The molecule has 0 aliphatic heterocycles. The molecule has 0 unspecified atom stereocenters. The smallest absolute Gasteiger partial charge is 0.264 e. The van der Waals surface area contributed by atoms with E-state index in [4.69, 9.17) is 16.3 Å². The van der Waals surface area contributed by atoms with Gasteiger partial charge in [-0.25, -0.2) is 8.42 Å². The molecule has 214 valence electrons. The number of nitrogens with zero attached hydrogens (tertiary/aromatic N) is 2. The second-order valence-electron chi connectivity index (χ2n) is 9.39. The van der Waals surface area contributed by atoms with Gasteiger partial charge in [-0.05, 0) is 79.4 Å². The maximum Gasteiger partial charge on any atom is 0.264 e. The lowest BCUT2D eigenvalue weighted by Crippen LogP contribution is -2.52. The molecule has 0 aliphatic carbocycles. The number of rotatable bonds is 13. The van der Waals surface area contributed by atoms with Crippen LogP contribution in [0.2, 0.25) is 5.02 Å². The van der Waals surface area contributed by atoms with Crippen molar-refractivity contribution >= 4 is 39.1 Å². The molecule has 1 atom stereocenters. The average Bonchev–Trinajstić information content (AvgIpc) is 2.94. The second kappa shape index (κ2) is 14.2. The number of methoxy groups -OCH3 is 1. The highest BCUT2D eigenvalue weighted by Crippen LogP contribution is 2.27. The van der Waals surface area contributed by atoms with Gasteiger partial charge in [-0.1, -0.05) is 49.7 Å². The van der Waals surface area contributed by atoms with Crippen LogP contribution >= 0.6 is 11.6 Å². The molecule has 0 aromatic heterocycles. The first-order chi connectivity index (χ1) is 19.1. The highest BCUT2D eigenvalue weighted by atomic mass is 35.5. The van der Waals surface area contributed by atoms with Crippen molar-refractivity contribution in [3.63, 3.8) is 0 Å². The number of ether oxygens (including phenoxy) is 1. The fourth-order valence-electron chi connectivity index (χ4n) is 4.30. The largest absolute Gasteiger partial charge is 0.497 e. The van der Waals surface area contributed by atoms with Gasteiger partial charge in [0.05, 0.1) is 17.7 Å². The molecular weight excluding hydrogens is 550 g/mol. The third-order valence-electron chi connectivity index (χ3n) is 6.39. The Labute approximate surface area is 241 Å². The van der Waals surface area contributed by atoms with E-state index >= 15 is 0 Å². The van der Waals surface area contributed by atoms with Crippen molar-refractivity contribution in [2.24, 2.45) is 0 Å². The molecule has 2 amide bonds. The molecule has 0 fully saturated rings. The Kier molecular flexibility index (Phi) is 11.0. The topological polar surface area (TPSA) is 96.0 Å². The zero-order valence-corrected chi connectivity index (χ0v) is 24.8. The van der Waals surface area contributed by atoms with E-state index in [1.54, 1.807) is 43.5 Å². The zero-order valence-electron chi connectivity index (χ0n) is 23.3. The van der Waals surface area contributed by atoms with Crippen molar-refractivity contribution in [1.82, 2.24) is 10.2 Å². The van der Waals surface area contributed by atoms with Crippen LogP contribution in [0.15, 0.2) is 77.7 Å². The number of hydrogen-bond donors (Lipinski definition) is 1. The molecule has 10 heteroatoms. The normalized spacial score (nSPS) is 11.9. The first-order valence-electron chi connectivity index (χ1n) is 13.2. The fourth-order valence-corrected chi connectivity index (χ4v) is 5.83. The molecule has 0 radical (unpaired) electrons. The number of anilines is 1. The Balaban J connectivity index is 2.06. The van der Waals surface area contributed by atoms with Gasteiger partial charge in [0.2, 0.25) is 11.8 Å². The van der Waals surface area contributed by atoms with E-state index in [9.17, 15) is 18.0 Å². The van der Waals surface area contributed by atoms with Gasteiger partial charge in [0, 0.05) is 18.1 Å². The molecule has 3 aromatic rings. The SMILES string of the molecule is CCCNC(=O)[C@H](CC)N(Cc1cccc(OC)c1)C(=O)CN(c1cccc(C)c1)S(=O)(=O)c1ccc(Cl)cc1. The number of sulfonamides is 1. The summed E-state index contributed by atoms with van der Waals surface area (Å²) in [6.07, 6.45) is 1.09. The summed E-state index contributed by atoms with van der Waals surface area (Å²) >= 11 is 6.00. The van der Waals surface area contributed by atoms with E-state index in [0.29, 0.717) is 29.4 Å². The summed E-state index contributed by atoms with van der Waals surface area (Å²) in [6, 6.07) is 19.2. The molecule has 3 rings (SSSR count). The number of carbonyl (C=O) groups is 2. The lowest BCUT2D eigenvalue weighted by atomic mass is 10.1. The van der Waals surface area contributed by atoms with Crippen molar-refractivity contribution in [3.8, 4) is 5.75 Å². The molecule has 1 N–H and O–H groups in total. The Bertz CT molecular complexity index is 1410. The van der Waals surface area contributed by atoms with Crippen molar-refractivity contribution in [2.75, 3.05) is 24.5 Å². The summed E-state index contributed by atoms with van der Waals surface area (Å²) in [6.45, 7) is 5.68. The Hall–Kier alpha value is -3.56. The highest BCUT2D eigenvalue weighted by Gasteiger charge is 2.33. The summed E-state index contributed by atoms with van der Waals surface area (Å²) in [4.78, 5) is 28.7. The van der Waals surface area contributed by atoms with Crippen LogP contribution in [0, 0.1) is 6.92 Å². The minimum atomic E-state index is -4.16. The number of benzene rings is 3. The average molecular weight is 586 g/mol. The van der Waals surface area contributed by atoms with Gasteiger partial charge in [0.25, 0.3) is 10.0 Å². The highest BCUT2D eigenvalue weighted by molar-refractivity contribution is 7.92. The molecule has 0 bridgehead atoms. The van der Waals surface area contributed by atoms with Crippen LogP contribution in [0.5, 0.6) is 5.75 Å². The maximum absolute atomic E-state index is 14.1. The van der Waals surface area contributed by atoms with Gasteiger partial charge in [-0.2, -0.15) is 0 Å². The van der Waals surface area contributed by atoms with E-state index in [0.717, 1.165) is 21.9 Å². The van der Waals surface area contributed by atoms with E-state index in [-0.39, 0.29) is 17.3 Å². The summed E-state index contributed by atoms with van der Waals surface area (Å²) in [5.74, 6) is -0.191. The van der Waals surface area contributed by atoms with E-state index in [1.807, 2.05) is 32.9 Å². The Morgan fingerprint density at radius 1 is 1.00 bits per heavy atom. The molecule has 0 saturated heterocycles. The fraction of sp³-hybridized carbons (Fsp3) is 0.333. The van der Waals surface area contributed by atoms with Crippen LogP contribution in [0.25, 0.3) is 0 Å². The van der Waals surface area contributed by atoms with Crippen molar-refractivity contribution in [1.29, 1.82) is 0 Å². The lowest BCUT2D eigenvalue weighted by Gasteiger charge is -2.33. The Morgan fingerprint density at radius 2 is 1.70 bits per heavy atom. The molecule has 0 aliphatic rings. The van der Waals surface area contributed by atoms with E-state index in [1.165, 1.54) is 29.2 Å². The van der Waals surface area contributed by atoms with Crippen molar-refractivity contribution in [3.05, 3.63) is 88.9 Å². The molecule has 8 nitrogen and oxygen atoms in total. The lowest BCUT2D eigenvalue weighted by molar-refractivity contribution is -0.140. The summed E-state index contributed by atoms with van der Waals surface area (Å²) in [5.41, 5.74) is 1.92. The first kappa shape index (κ1) is 31.0. The van der Waals surface area contributed by atoms with Gasteiger partial charge in [0.15, 0.2) is 0 Å². The predicted octanol–water partition coefficient (Wildman–Crippen LogP) is 5.19. The monoisotopic (exact) mass is 585 g/mol. The van der Waals surface area contributed by atoms with Crippen LogP contribution in [0.4, 0.5) is 5.69 Å². The molecule has 0 heterocycles. The third-order valence-corrected chi connectivity index (χ3v) is 8.43. The van der Waals surface area contributed by atoms with Crippen LogP contribution < -0.4 is 14.4 Å². The van der Waals surface area contributed by atoms with Gasteiger partial charge < -0.3 is 15.0 Å². The number of aryl methyl sites for hydroxylation is 1. The molecular formula is C30H36ClN3O5S. The van der Waals surface area contributed by atoms with Crippen LogP contribution in [0.1, 0.15) is 37.8 Å². The summed E-state index contributed by atoms with van der Waals surface area (Å²) < 4.78 is 34.2. The quantitative estimate of drug-likeness (QED) is 0.298. The van der Waals surface area contributed by atoms with Crippen molar-refractivity contribution < 1.29 is 22.7 Å². The van der Waals surface area contributed by atoms with Crippen LogP contribution in [0.3, 0.4) is 0 Å². The van der Waals surface area contributed by atoms with Crippen LogP contribution in [-0.4, -0.2) is 51.4 Å². The van der Waals surface area contributed by atoms with E-state index < -0.39 is 28.5 Å². The van der Waals surface area contributed by atoms with Gasteiger partial charge in [0.1, 0.15) is 18.3 Å². The predicted molar refractivity (Wildman–Crippen MR) is 158 cm³/mol. The summed E-state index contributed by atoms with van der Waals surface area (Å²) in [7, 11) is -2.61. The van der Waals surface area contributed by atoms with Gasteiger partial charge in [-0.3, -0.25) is 13.9 Å². The maximum atomic E-state index is 14.1. The minimum Gasteiger partial charge on any atom is -0.497 e. The number of hydrogen-bond acceptors (Lipinski definition) is 5. The standard InChI is InChI=1S/C30H36ClN3O5S/c1-5-17-32-30(36)28(6-2)33(20-23-10-8-12-26(19-23)39-4)29(35)21-34(25-11-7-9-22(3)18-25)40(37,38)27-15-13-24(31)14-16-27/h7-16,18-19,28H,5-6,17,20-21H2,1-4H3,(H,32,36)/t28-/m0/s1. The number of halogens is 1. The molecule has 0 spiro atoms.